The molecule has 0 saturated carbocycles. The third-order valence-electron chi connectivity index (χ3n) is 4.38. The third kappa shape index (κ3) is 4.30. The van der Waals surface area contributed by atoms with Crippen LogP contribution in [-0.4, -0.2) is 34.1 Å². The topological polar surface area (TPSA) is 78.4 Å². The van der Waals surface area contributed by atoms with Crippen LogP contribution in [0.5, 0.6) is 0 Å². The van der Waals surface area contributed by atoms with E-state index in [2.05, 4.69) is 15.3 Å². The van der Waals surface area contributed by atoms with E-state index in [9.17, 15) is 9.18 Å². The number of aliphatic hydroxyl groups excluding tert-OH is 1. The van der Waals surface area contributed by atoms with Crippen molar-refractivity contribution in [1.29, 1.82) is 0 Å². The standard InChI is InChI=1S/C18H21FN4O2/c19-16-9-13(4-5-15(16)12-24)10-22-17(25)14-3-1-8-23(11-14)18-20-6-2-7-21-18/h2,4-7,9,14,24H,1,3,8,10-12H2,(H,22,25). The molecule has 1 aromatic heterocycles. The fourth-order valence-corrected chi connectivity index (χ4v) is 2.99. The van der Waals surface area contributed by atoms with Gasteiger partial charge >= 0.3 is 0 Å². The molecule has 1 amide bonds. The van der Waals surface area contributed by atoms with Gasteiger partial charge in [-0.25, -0.2) is 14.4 Å². The van der Waals surface area contributed by atoms with Crippen LogP contribution in [0.15, 0.2) is 36.7 Å². The summed E-state index contributed by atoms with van der Waals surface area (Å²) in [5, 5.41) is 11.9. The fourth-order valence-electron chi connectivity index (χ4n) is 2.99. The van der Waals surface area contributed by atoms with Gasteiger partial charge in [0.15, 0.2) is 0 Å². The second-order valence-electron chi connectivity index (χ2n) is 6.14. The number of amides is 1. The Labute approximate surface area is 145 Å². The van der Waals surface area contributed by atoms with E-state index in [1.165, 1.54) is 12.1 Å². The summed E-state index contributed by atoms with van der Waals surface area (Å²) in [5.74, 6) is -0.00706. The van der Waals surface area contributed by atoms with Crippen molar-refractivity contribution < 1.29 is 14.3 Å². The summed E-state index contributed by atoms with van der Waals surface area (Å²) in [6, 6.07) is 6.35. The largest absolute Gasteiger partial charge is 0.392 e. The highest BCUT2D eigenvalue weighted by molar-refractivity contribution is 5.79. The van der Waals surface area contributed by atoms with Crippen molar-refractivity contribution in [3.05, 3.63) is 53.6 Å². The van der Waals surface area contributed by atoms with Crippen LogP contribution in [0.4, 0.5) is 10.3 Å². The number of carbonyl (C=O) groups is 1. The average Bonchev–Trinajstić information content (AvgIpc) is 2.67. The highest BCUT2D eigenvalue weighted by Crippen LogP contribution is 2.20. The molecule has 1 aromatic carbocycles. The van der Waals surface area contributed by atoms with Crippen molar-refractivity contribution in [2.24, 2.45) is 5.92 Å². The normalized spacial score (nSPS) is 17.4. The number of nitrogens with one attached hydrogen (secondary N) is 1. The number of piperidine rings is 1. The van der Waals surface area contributed by atoms with Gasteiger partial charge in [-0.2, -0.15) is 0 Å². The molecule has 3 rings (SSSR count). The SMILES string of the molecule is O=C(NCc1ccc(CO)c(F)c1)C1CCCN(c2ncccn2)C1. The maximum Gasteiger partial charge on any atom is 0.225 e. The molecular weight excluding hydrogens is 323 g/mol. The molecule has 1 saturated heterocycles. The predicted molar refractivity (Wildman–Crippen MR) is 91.1 cm³/mol. The Hall–Kier alpha value is -2.54. The lowest BCUT2D eigenvalue weighted by Gasteiger charge is -2.31. The molecule has 1 aliphatic heterocycles. The molecule has 0 bridgehead atoms. The summed E-state index contributed by atoms with van der Waals surface area (Å²) in [7, 11) is 0. The molecule has 0 spiro atoms. The van der Waals surface area contributed by atoms with E-state index >= 15 is 0 Å². The van der Waals surface area contributed by atoms with Gasteiger partial charge in [0.1, 0.15) is 5.82 Å². The van der Waals surface area contributed by atoms with Gasteiger partial charge in [0.2, 0.25) is 11.9 Å². The molecule has 1 fully saturated rings. The quantitative estimate of drug-likeness (QED) is 0.862. The van der Waals surface area contributed by atoms with E-state index in [0.717, 1.165) is 19.4 Å². The minimum atomic E-state index is -0.459. The number of halogens is 1. The van der Waals surface area contributed by atoms with Crippen LogP contribution >= 0.6 is 0 Å². The van der Waals surface area contributed by atoms with Crippen molar-refractivity contribution in [2.45, 2.75) is 26.0 Å². The van der Waals surface area contributed by atoms with Gasteiger partial charge in [0, 0.05) is 37.6 Å². The highest BCUT2D eigenvalue weighted by atomic mass is 19.1. The van der Waals surface area contributed by atoms with Gasteiger partial charge in [0.25, 0.3) is 0 Å². The summed E-state index contributed by atoms with van der Waals surface area (Å²) in [6.45, 7) is 1.34. The molecule has 1 unspecified atom stereocenters. The van der Waals surface area contributed by atoms with Crippen LogP contribution < -0.4 is 10.2 Å². The molecule has 6 nitrogen and oxygen atoms in total. The van der Waals surface area contributed by atoms with Crippen molar-refractivity contribution in [3.8, 4) is 0 Å². The van der Waals surface area contributed by atoms with Crippen LogP contribution in [0, 0.1) is 11.7 Å². The second-order valence-corrected chi connectivity index (χ2v) is 6.14. The molecule has 2 N–H and O–H groups in total. The number of benzene rings is 1. The number of aliphatic hydroxyl groups is 1. The molecule has 2 aromatic rings. The highest BCUT2D eigenvalue weighted by Gasteiger charge is 2.26. The zero-order chi connectivity index (χ0) is 17.6. The molecule has 2 heterocycles. The Morgan fingerprint density at radius 1 is 1.36 bits per heavy atom. The number of rotatable bonds is 5. The summed E-state index contributed by atoms with van der Waals surface area (Å²) < 4.78 is 13.7. The van der Waals surface area contributed by atoms with Crippen LogP contribution in [0.25, 0.3) is 0 Å². The van der Waals surface area contributed by atoms with Crippen molar-refractivity contribution in [2.75, 3.05) is 18.0 Å². The van der Waals surface area contributed by atoms with Gasteiger partial charge in [-0.3, -0.25) is 4.79 Å². The van der Waals surface area contributed by atoms with Gasteiger partial charge in [0.05, 0.1) is 12.5 Å². The van der Waals surface area contributed by atoms with Crippen molar-refractivity contribution >= 4 is 11.9 Å². The van der Waals surface area contributed by atoms with Crippen molar-refractivity contribution in [1.82, 2.24) is 15.3 Å². The third-order valence-corrected chi connectivity index (χ3v) is 4.38. The van der Waals surface area contributed by atoms with E-state index in [-0.39, 0.29) is 30.5 Å². The van der Waals surface area contributed by atoms with Crippen LogP contribution in [0.1, 0.15) is 24.0 Å². The Kier molecular flexibility index (Phi) is 5.55. The summed E-state index contributed by atoms with van der Waals surface area (Å²) >= 11 is 0. The number of hydrogen-bond donors (Lipinski definition) is 2. The minimum absolute atomic E-state index is 0.0488. The fraction of sp³-hybridized carbons (Fsp3) is 0.389. The predicted octanol–water partition coefficient (Wildman–Crippen LogP) is 1.64. The minimum Gasteiger partial charge on any atom is -0.392 e. The monoisotopic (exact) mass is 344 g/mol. The summed E-state index contributed by atoms with van der Waals surface area (Å²) in [4.78, 5) is 22.9. The number of anilines is 1. The number of aromatic nitrogens is 2. The second kappa shape index (κ2) is 8.02. The molecule has 0 radical (unpaired) electrons. The molecule has 1 atom stereocenters. The average molecular weight is 344 g/mol. The van der Waals surface area contributed by atoms with Gasteiger partial charge < -0.3 is 15.3 Å². The molecule has 7 heteroatoms. The van der Waals surface area contributed by atoms with Crippen LogP contribution in [-0.2, 0) is 17.9 Å². The first-order chi connectivity index (χ1) is 12.2. The maximum absolute atomic E-state index is 13.7. The van der Waals surface area contributed by atoms with E-state index in [1.807, 2.05) is 4.90 Å². The number of hydrogen-bond acceptors (Lipinski definition) is 5. The number of nitrogens with zero attached hydrogens (tertiary/aromatic N) is 3. The van der Waals surface area contributed by atoms with E-state index in [4.69, 9.17) is 5.11 Å². The van der Waals surface area contributed by atoms with Crippen molar-refractivity contribution in [3.63, 3.8) is 0 Å². The first-order valence-electron chi connectivity index (χ1n) is 8.35. The first-order valence-corrected chi connectivity index (χ1v) is 8.35. The lowest BCUT2D eigenvalue weighted by atomic mass is 9.97. The molecule has 0 aliphatic carbocycles. The Morgan fingerprint density at radius 2 is 2.16 bits per heavy atom. The summed E-state index contributed by atoms with van der Waals surface area (Å²) in [6.07, 6.45) is 5.09. The zero-order valence-electron chi connectivity index (χ0n) is 13.9. The Morgan fingerprint density at radius 3 is 2.88 bits per heavy atom. The van der Waals surface area contributed by atoms with Gasteiger partial charge in [-0.1, -0.05) is 12.1 Å². The maximum atomic E-state index is 13.7. The van der Waals surface area contributed by atoms with Gasteiger partial charge in [-0.05, 0) is 30.5 Å². The van der Waals surface area contributed by atoms with E-state index in [1.54, 1.807) is 24.5 Å². The van der Waals surface area contributed by atoms with Crippen LogP contribution in [0.2, 0.25) is 0 Å². The first kappa shape index (κ1) is 17.3. The molecular formula is C18H21FN4O2. The molecule has 132 valence electrons. The van der Waals surface area contributed by atoms with E-state index in [0.29, 0.717) is 18.1 Å². The number of carbonyl (C=O) groups excluding carboxylic acids is 1. The van der Waals surface area contributed by atoms with Crippen LogP contribution in [0.3, 0.4) is 0 Å². The zero-order valence-corrected chi connectivity index (χ0v) is 13.9. The van der Waals surface area contributed by atoms with E-state index < -0.39 is 5.82 Å². The van der Waals surface area contributed by atoms with Gasteiger partial charge in [-0.15, -0.1) is 0 Å². The summed E-state index contributed by atoms with van der Waals surface area (Å²) in [5.41, 5.74) is 0.919. The smallest absolute Gasteiger partial charge is 0.225 e. The Balaban J connectivity index is 1.57. The molecule has 1 aliphatic rings. The molecule has 25 heavy (non-hydrogen) atoms. The Bertz CT molecular complexity index is 726. The lowest BCUT2D eigenvalue weighted by molar-refractivity contribution is -0.125. The lowest BCUT2D eigenvalue weighted by Crippen LogP contribution is -2.43.